The van der Waals surface area contributed by atoms with Crippen molar-refractivity contribution >= 4 is 38.5 Å². The summed E-state index contributed by atoms with van der Waals surface area (Å²) in [6, 6.07) is 1.50. The molecule has 0 aliphatic carbocycles. The molecular weight excluding hydrogens is 308 g/mol. The topological polar surface area (TPSA) is 39.2 Å². The van der Waals surface area contributed by atoms with E-state index in [1.54, 1.807) is 0 Å². The van der Waals surface area contributed by atoms with E-state index in [2.05, 4.69) is 15.9 Å². The fraction of sp³-hybridized carbons (Fsp3) is 0.333. The van der Waals surface area contributed by atoms with Crippen LogP contribution in [-0.4, -0.2) is 0 Å². The average Bonchev–Trinajstić information content (AvgIpc) is 2.66. The first-order valence-corrected chi connectivity index (χ1v) is 6.55. The van der Waals surface area contributed by atoms with Crippen LogP contribution in [0.4, 0.5) is 4.39 Å². The SMILES string of the molecule is CCCc1c(CN)oc2c(Cl)cc(Br)c(F)c12. The molecule has 1 aromatic carbocycles. The Morgan fingerprint density at radius 2 is 2.24 bits per heavy atom. The Morgan fingerprint density at radius 3 is 2.82 bits per heavy atom. The summed E-state index contributed by atoms with van der Waals surface area (Å²) in [5.41, 5.74) is 6.82. The summed E-state index contributed by atoms with van der Waals surface area (Å²) >= 11 is 9.20. The first kappa shape index (κ1) is 12.9. The van der Waals surface area contributed by atoms with Crippen molar-refractivity contribution in [3.8, 4) is 0 Å². The van der Waals surface area contributed by atoms with Crippen LogP contribution >= 0.6 is 27.5 Å². The first-order chi connectivity index (χ1) is 8.10. The second-order valence-corrected chi connectivity index (χ2v) is 5.08. The molecule has 17 heavy (non-hydrogen) atoms. The van der Waals surface area contributed by atoms with Gasteiger partial charge >= 0.3 is 0 Å². The first-order valence-electron chi connectivity index (χ1n) is 5.38. The molecule has 0 atom stereocenters. The van der Waals surface area contributed by atoms with Crippen LogP contribution in [0.15, 0.2) is 15.0 Å². The molecule has 0 saturated carbocycles. The van der Waals surface area contributed by atoms with Crippen LogP contribution in [0, 0.1) is 5.82 Å². The van der Waals surface area contributed by atoms with Crippen molar-refractivity contribution in [2.75, 3.05) is 0 Å². The minimum atomic E-state index is -0.337. The number of hydrogen-bond donors (Lipinski definition) is 1. The molecule has 2 nitrogen and oxygen atoms in total. The van der Waals surface area contributed by atoms with Gasteiger partial charge in [0.15, 0.2) is 5.58 Å². The van der Waals surface area contributed by atoms with Crippen molar-refractivity contribution in [3.63, 3.8) is 0 Å². The predicted molar refractivity (Wildman–Crippen MR) is 70.8 cm³/mol. The zero-order valence-corrected chi connectivity index (χ0v) is 11.7. The van der Waals surface area contributed by atoms with Gasteiger partial charge in [0.2, 0.25) is 0 Å². The van der Waals surface area contributed by atoms with Gasteiger partial charge < -0.3 is 10.2 Å². The third-order valence-corrected chi connectivity index (χ3v) is 3.53. The zero-order valence-electron chi connectivity index (χ0n) is 9.32. The molecule has 0 unspecified atom stereocenters. The molecule has 0 fully saturated rings. The molecule has 1 heterocycles. The van der Waals surface area contributed by atoms with Crippen LogP contribution < -0.4 is 5.73 Å². The quantitative estimate of drug-likeness (QED) is 0.851. The van der Waals surface area contributed by atoms with Gasteiger partial charge in [-0.25, -0.2) is 4.39 Å². The van der Waals surface area contributed by atoms with E-state index >= 15 is 0 Å². The maximum atomic E-state index is 14.1. The van der Waals surface area contributed by atoms with Crippen LogP contribution in [0.1, 0.15) is 24.7 Å². The van der Waals surface area contributed by atoms with E-state index in [1.807, 2.05) is 6.92 Å². The number of nitrogens with two attached hydrogens (primary N) is 1. The van der Waals surface area contributed by atoms with Crippen molar-refractivity contribution < 1.29 is 8.81 Å². The van der Waals surface area contributed by atoms with E-state index in [9.17, 15) is 4.39 Å². The summed E-state index contributed by atoms with van der Waals surface area (Å²) in [5, 5.41) is 0.844. The number of fused-ring (bicyclic) bond motifs is 1. The van der Waals surface area contributed by atoms with Crippen molar-refractivity contribution in [3.05, 3.63) is 32.7 Å². The number of halogens is 3. The Morgan fingerprint density at radius 1 is 1.53 bits per heavy atom. The monoisotopic (exact) mass is 319 g/mol. The minimum absolute atomic E-state index is 0.247. The molecule has 5 heteroatoms. The summed E-state index contributed by atoms with van der Waals surface area (Å²) in [5.74, 6) is 0.275. The summed E-state index contributed by atoms with van der Waals surface area (Å²) in [6.45, 7) is 2.27. The van der Waals surface area contributed by atoms with E-state index in [-0.39, 0.29) is 12.4 Å². The highest BCUT2D eigenvalue weighted by Crippen LogP contribution is 2.37. The molecule has 0 aliphatic rings. The number of aryl methyl sites for hydroxylation is 1. The van der Waals surface area contributed by atoms with Gasteiger partial charge in [0.05, 0.1) is 21.4 Å². The molecule has 0 radical (unpaired) electrons. The fourth-order valence-electron chi connectivity index (χ4n) is 1.95. The molecule has 0 aliphatic heterocycles. The second kappa shape index (κ2) is 4.96. The fourth-order valence-corrected chi connectivity index (χ4v) is 2.75. The van der Waals surface area contributed by atoms with Crippen molar-refractivity contribution in [2.24, 2.45) is 5.73 Å². The zero-order chi connectivity index (χ0) is 12.6. The van der Waals surface area contributed by atoms with E-state index in [1.165, 1.54) is 6.07 Å². The average molecular weight is 321 g/mol. The molecule has 0 saturated heterocycles. The minimum Gasteiger partial charge on any atom is -0.458 e. The van der Waals surface area contributed by atoms with Crippen LogP contribution in [0.5, 0.6) is 0 Å². The Bertz CT molecular complexity index is 567. The van der Waals surface area contributed by atoms with Gasteiger partial charge in [-0.05, 0) is 28.4 Å². The molecule has 92 valence electrons. The summed E-state index contributed by atoms with van der Waals surface area (Å²) < 4.78 is 20.0. The molecule has 1 aromatic heterocycles. The lowest BCUT2D eigenvalue weighted by Gasteiger charge is -2.01. The highest BCUT2D eigenvalue weighted by atomic mass is 79.9. The molecular formula is C12H12BrClFNO. The van der Waals surface area contributed by atoms with Crippen LogP contribution in [0.3, 0.4) is 0 Å². The Hall–Kier alpha value is -0.580. The maximum Gasteiger partial charge on any atom is 0.156 e. The summed E-state index contributed by atoms with van der Waals surface area (Å²) in [4.78, 5) is 0. The molecule has 2 rings (SSSR count). The van der Waals surface area contributed by atoms with E-state index in [0.717, 1.165) is 18.4 Å². The number of rotatable bonds is 3. The lowest BCUT2D eigenvalue weighted by molar-refractivity contribution is 0.544. The molecule has 0 amide bonds. The lowest BCUT2D eigenvalue weighted by Crippen LogP contribution is -1.98. The van der Waals surface area contributed by atoms with E-state index < -0.39 is 0 Å². The van der Waals surface area contributed by atoms with E-state index in [0.29, 0.717) is 26.2 Å². The summed E-state index contributed by atoms with van der Waals surface area (Å²) in [7, 11) is 0. The predicted octanol–water partition coefficient (Wildman–Crippen LogP) is 4.40. The normalized spacial score (nSPS) is 11.4. The highest BCUT2D eigenvalue weighted by Gasteiger charge is 2.20. The lowest BCUT2D eigenvalue weighted by atomic mass is 10.1. The van der Waals surface area contributed by atoms with Crippen molar-refractivity contribution in [1.82, 2.24) is 0 Å². The number of hydrogen-bond acceptors (Lipinski definition) is 2. The van der Waals surface area contributed by atoms with Gasteiger partial charge in [-0.3, -0.25) is 0 Å². The van der Waals surface area contributed by atoms with Crippen LogP contribution in [0.25, 0.3) is 11.0 Å². The van der Waals surface area contributed by atoms with Gasteiger partial charge in [0.25, 0.3) is 0 Å². The standard InChI is InChI=1S/C12H12BrClFNO/c1-2-3-6-9(5-16)17-12-8(14)4-7(13)11(15)10(6)12/h4H,2-3,5,16H2,1H3. The van der Waals surface area contributed by atoms with Gasteiger partial charge in [0.1, 0.15) is 11.6 Å². The third kappa shape index (κ3) is 2.09. The largest absolute Gasteiger partial charge is 0.458 e. The molecule has 2 aromatic rings. The third-order valence-electron chi connectivity index (χ3n) is 2.68. The van der Waals surface area contributed by atoms with Gasteiger partial charge in [-0.1, -0.05) is 24.9 Å². The van der Waals surface area contributed by atoms with Crippen LogP contribution in [-0.2, 0) is 13.0 Å². The van der Waals surface area contributed by atoms with Gasteiger partial charge in [0, 0.05) is 5.56 Å². The van der Waals surface area contributed by atoms with Gasteiger partial charge in [-0.15, -0.1) is 0 Å². The molecule has 2 N–H and O–H groups in total. The smallest absolute Gasteiger partial charge is 0.156 e. The second-order valence-electron chi connectivity index (χ2n) is 3.82. The number of benzene rings is 1. The van der Waals surface area contributed by atoms with Crippen molar-refractivity contribution in [1.29, 1.82) is 0 Å². The van der Waals surface area contributed by atoms with Crippen LogP contribution in [0.2, 0.25) is 5.02 Å². The highest BCUT2D eigenvalue weighted by molar-refractivity contribution is 9.10. The Balaban J connectivity index is 2.84. The molecule has 0 bridgehead atoms. The maximum absolute atomic E-state index is 14.1. The van der Waals surface area contributed by atoms with Gasteiger partial charge in [-0.2, -0.15) is 0 Å². The molecule has 0 spiro atoms. The van der Waals surface area contributed by atoms with E-state index in [4.69, 9.17) is 21.8 Å². The summed E-state index contributed by atoms with van der Waals surface area (Å²) in [6.07, 6.45) is 1.62. The van der Waals surface area contributed by atoms with Crippen molar-refractivity contribution in [2.45, 2.75) is 26.3 Å². The Labute approximate surface area is 112 Å². The Kier molecular flexibility index (Phi) is 3.76. The number of furan rings is 1.